The summed E-state index contributed by atoms with van der Waals surface area (Å²) in [5, 5.41) is 3.86. The van der Waals surface area contributed by atoms with Crippen molar-refractivity contribution in [2.45, 2.75) is 6.42 Å². The molecule has 0 spiro atoms. The summed E-state index contributed by atoms with van der Waals surface area (Å²) in [6.45, 7) is 0.995. The second kappa shape index (κ2) is 6.23. The number of hydrogen-bond donors (Lipinski definition) is 1. The molecular formula is C11H13BrClN. The van der Waals surface area contributed by atoms with Crippen LogP contribution in [-0.4, -0.2) is 13.6 Å². The molecule has 1 aromatic rings. The lowest BCUT2D eigenvalue weighted by Gasteiger charge is -1.99. The monoisotopic (exact) mass is 273 g/mol. The molecule has 0 heterocycles. The van der Waals surface area contributed by atoms with E-state index in [1.165, 1.54) is 0 Å². The van der Waals surface area contributed by atoms with Crippen LogP contribution in [0.4, 0.5) is 0 Å². The Bertz CT molecular complexity index is 323. The number of nitrogens with one attached hydrogen (secondary N) is 1. The van der Waals surface area contributed by atoms with Crippen molar-refractivity contribution >= 4 is 33.6 Å². The Kier molecular flexibility index (Phi) is 5.23. The molecule has 1 rings (SSSR count). The molecule has 0 aliphatic rings. The van der Waals surface area contributed by atoms with E-state index < -0.39 is 0 Å². The van der Waals surface area contributed by atoms with Crippen LogP contribution in [0.25, 0.3) is 6.08 Å². The maximum Gasteiger partial charge on any atom is 0.0412 e. The molecule has 3 heteroatoms. The second-order valence-electron chi connectivity index (χ2n) is 2.96. The zero-order valence-electron chi connectivity index (χ0n) is 8.06. The smallest absolute Gasteiger partial charge is 0.0412 e. The van der Waals surface area contributed by atoms with E-state index in [9.17, 15) is 0 Å². The molecule has 1 N–H and O–H groups in total. The Balaban J connectivity index is 2.65. The molecule has 0 fully saturated rings. The summed E-state index contributed by atoms with van der Waals surface area (Å²) in [7, 11) is 1.95. The Morgan fingerprint density at radius 2 is 2.29 bits per heavy atom. The van der Waals surface area contributed by atoms with Crippen LogP contribution < -0.4 is 5.32 Å². The van der Waals surface area contributed by atoms with Crippen LogP contribution in [0.5, 0.6) is 0 Å². The van der Waals surface area contributed by atoms with Crippen LogP contribution in [-0.2, 0) is 0 Å². The zero-order chi connectivity index (χ0) is 10.4. The molecule has 76 valence electrons. The van der Waals surface area contributed by atoms with Crippen molar-refractivity contribution in [3.63, 3.8) is 0 Å². The molecule has 0 unspecified atom stereocenters. The molecule has 0 aliphatic heterocycles. The Labute approximate surface area is 98.3 Å². The van der Waals surface area contributed by atoms with Gasteiger partial charge in [-0.25, -0.2) is 0 Å². The number of hydrogen-bond acceptors (Lipinski definition) is 1. The van der Waals surface area contributed by atoms with Gasteiger partial charge in [0.2, 0.25) is 0 Å². The van der Waals surface area contributed by atoms with Crippen LogP contribution in [0.3, 0.4) is 0 Å². The second-order valence-corrected chi connectivity index (χ2v) is 4.25. The quantitative estimate of drug-likeness (QED) is 0.825. The average molecular weight is 275 g/mol. The molecule has 0 aliphatic carbocycles. The molecule has 0 radical (unpaired) electrons. The normalized spacial score (nSPS) is 11.1. The minimum atomic E-state index is 0.765. The Morgan fingerprint density at radius 1 is 1.50 bits per heavy atom. The van der Waals surface area contributed by atoms with E-state index in [1.807, 2.05) is 25.2 Å². The van der Waals surface area contributed by atoms with E-state index in [4.69, 9.17) is 11.6 Å². The lowest BCUT2D eigenvalue weighted by molar-refractivity contribution is 0.809. The third kappa shape index (κ3) is 3.82. The van der Waals surface area contributed by atoms with E-state index in [2.05, 4.69) is 33.4 Å². The highest BCUT2D eigenvalue weighted by atomic mass is 79.9. The van der Waals surface area contributed by atoms with E-state index in [1.54, 1.807) is 0 Å². The van der Waals surface area contributed by atoms with Gasteiger partial charge in [-0.3, -0.25) is 0 Å². The molecule has 0 atom stereocenters. The summed E-state index contributed by atoms with van der Waals surface area (Å²) in [4.78, 5) is 0. The topological polar surface area (TPSA) is 12.0 Å². The van der Waals surface area contributed by atoms with Gasteiger partial charge >= 0.3 is 0 Å². The molecule has 1 nitrogen and oxygen atoms in total. The largest absolute Gasteiger partial charge is 0.319 e. The van der Waals surface area contributed by atoms with Crippen LogP contribution in [0.2, 0.25) is 5.02 Å². The van der Waals surface area contributed by atoms with E-state index in [0.29, 0.717) is 0 Å². The van der Waals surface area contributed by atoms with Gasteiger partial charge in [0.05, 0.1) is 0 Å². The van der Waals surface area contributed by atoms with Gasteiger partial charge in [0.15, 0.2) is 0 Å². The van der Waals surface area contributed by atoms with Gasteiger partial charge < -0.3 is 5.32 Å². The third-order valence-corrected chi connectivity index (χ3v) is 2.77. The van der Waals surface area contributed by atoms with Crippen molar-refractivity contribution in [1.82, 2.24) is 5.32 Å². The summed E-state index contributed by atoms with van der Waals surface area (Å²) >= 11 is 9.36. The predicted molar refractivity (Wildman–Crippen MR) is 66.7 cm³/mol. The highest BCUT2D eigenvalue weighted by Gasteiger charge is 1.95. The Morgan fingerprint density at radius 3 is 3.00 bits per heavy atom. The van der Waals surface area contributed by atoms with Crippen LogP contribution >= 0.6 is 27.5 Å². The summed E-state index contributed by atoms with van der Waals surface area (Å²) in [6.07, 6.45) is 5.23. The van der Waals surface area contributed by atoms with Gasteiger partial charge in [-0.2, -0.15) is 0 Å². The van der Waals surface area contributed by atoms with Gasteiger partial charge in [-0.05, 0) is 43.8 Å². The average Bonchev–Trinajstić information content (AvgIpc) is 2.18. The molecule has 14 heavy (non-hydrogen) atoms. The predicted octanol–water partition coefficient (Wildman–Crippen LogP) is 3.73. The minimum absolute atomic E-state index is 0.765. The van der Waals surface area contributed by atoms with Gasteiger partial charge in [-0.1, -0.05) is 39.7 Å². The fraction of sp³-hybridized carbons (Fsp3) is 0.273. The van der Waals surface area contributed by atoms with Crippen molar-refractivity contribution in [2.75, 3.05) is 13.6 Å². The first-order valence-electron chi connectivity index (χ1n) is 4.50. The highest BCUT2D eigenvalue weighted by Crippen LogP contribution is 2.22. The van der Waals surface area contributed by atoms with E-state index >= 15 is 0 Å². The molecule has 0 amide bonds. The highest BCUT2D eigenvalue weighted by molar-refractivity contribution is 9.10. The van der Waals surface area contributed by atoms with Crippen LogP contribution in [0, 0.1) is 0 Å². The van der Waals surface area contributed by atoms with Crippen molar-refractivity contribution in [3.05, 3.63) is 39.3 Å². The van der Waals surface area contributed by atoms with Crippen molar-refractivity contribution in [3.8, 4) is 0 Å². The van der Waals surface area contributed by atoms with E-state index in [-0.39, 0.29) is 0 Å². The first-order valence-corrected chi connectivity index (χ1v) is 5.67. The molecule has 0 saturated carbocycles. The van der Waals surface area contributed by atoms with Crippen LogP contribution in [0.15, 0.2) is 28.7 Å². The molecule has 0 aromatic heterocycles. The summed E-state index contributed by atoms with van der Waals surface area (Å²) in [5.41, 5.74) is 1.12. The fourth-order valence-corrected chi connectivity index (χ4v) is 1.64. The maximum absolute atomic E-state index is 5.89. The molecular weight excluding hydrogens is 261 g/mol. The molecule has 0 saturated heterocycles. The molecule has 1 aromatic carbocycles. The van der Waals surface area contributed by atoms with Gasteiger partial charge in [0.25, 0.3) is 0 Å². The van der Waals surface area contributed by atoms with E-state index in [0.717, 1.165) is 28.0 Å². The minimum Gasteiger partial charge on any atom is -0.319 e. The first kappa shape index (κ1) is 11.8. The number of benzene rings is 1. The number of rotatable bonds is 4. The Hall–Kier alpha value is -0.310. The number of halogens is 2. The SMILES string of the molecule is CNCCC=Cc1cc(Cl)ccc1Br. The molecule has 0 bridgehead atoms. The first-order chi connectivity index (χ1) is 6.74. The standard InChI is InChI=1S/C11H13BrClN/c1-14-7-3-2-4-9-8-10(13)5-6-11(9)12/h2,4-6,8,14H,3,7H2,1H3. The maximum atomic E-state index is 5.89. The fourth-order valence-electron chi connectivity index (χ4n) is 1.08. The van der Waals surface area contributed by atoms with Crippen molar-refractivity contribution in [2.24, 2.45) is 0 Å². The lowest BCUT2D eigenvalue weighted by Crippen LogP contribution is -2.05. The third-order valence-electron chi connectivity index (χ3n) is 1.82. The lowest BCUT2D eigenvalue weighted by atomic mass is 10.2. The summed E-state index contributed by atoms with van der Waals surface area (Å²) < 4.78 is 1.07. The van der Waals surface area contributed by atoms with Crippen LogP contribution in [0.1, 0.15) is 12.0 Å². The van der Waals surface area contributed by atoms with Crippen molar-refractivity contribution in [1.29, 1.82) is 0 Å². The summed E-state index contributed by atoms with van der Waals surface area (Å²) in [6, 6.07) is 5.78. The van der Waals surface area contributed by atoms with Crippen molar-refractivity contribution < 1.29 is 0 Å². The van der Waals surface area contributed by atoms with Gasteiger partial charge in [0.1, 0.15) is 0 Å². The van der Waals surface area contributed by atoms with Gasteiger partial charge in [0, 0.05) is 9.50 Å². The van der Waals surface area contributed by atoms with Gasteiger partial charge in [-0.15, -0.1) is 0 Å². The summed E-state index contributed by atoms with van der Waals surface area (Å²) in [5.74, 6) is 0. The zero-order valence-corrected chi connectivity index (χ0v) is 10.4.